The van der Waals surface area contributed by atoms with Gasteiger partial charge in [-0.15, -0.1) is 0 Å². The highest BCUT2D eigenvalue weighted by atomic mass is 16.2. The van der Waals surface area contributed by atoms with Crippen LogP contribution in [-0.2, 0) is 0 Å². The van der Waals surface area contributed by atoms with Crippen molar-refractivity contribution in [2.75, 3.05) is 6.61 Å². The molecule has 2 heteroatoms. The Morgan fingerprint density at radius 2 is 2.50 bits per heavy atom. The smallest absolute Gasteiger partial charge is 0.0471 e. The fraction of sp³-hybridized carbons (Fsp3) is 0.300. The summed E-state index contributed by atoms with van der Waals surface area (Å²) in [6.45, 7) is 2.16. The molecule has 0 spiro atoms. The molecule has 1 heterocycles. The summed E-state index contributed by atoms with van der Waals surface area (Å²) in [5.74, 6) is 0. The summed E-state index contributed by atoms with van der Waals surface area (Å²) >= 11 is 0. The van der Waals surface area contributed by atoms with Crippen LogP contribution in [0, 0.1) is 0 Å². The molecule has 0 radical (unpaired) electrons. The lowest BCUT2D eigenvalue weighted by Gasteiger charge is -2.03. The van der Waals surface area contributed by atoms with Crippen molar-refractivity contribution in [1.29, 1.82) is 0 Å². The zero-order valence-electron chi connectivity index (χ0n) is 7.20. The van der Waals surface area contributed by atoms with Crippen LogP contribution >= 0.6 is 0 Å². The van der Waals surface area contributed by atoms with Crippen molar-refractivity contribution in [2.45, 2.75) is 13.3 Å². The maximum atomic E-state index is 8.77. The van der Waals surface area contributed by atoms with Crippen molar-refractivity contribution >= 4 is 5.57 Å². The molecular weight excluding hydrogens is 150 g/mol. The van der Waals surface area contributed by atoms with Crippen LogP contribution in [0.2, 0.25) is 0 Å². The average molecular weight is 163 g/mol. The monoisotopic (exact) mass is 163 g/mol. The quantitative estimate of drug-likeness (QED) is 0.737. The first kappa shape index (κ1) is 8.94. The van der Waals surface area contributed by atoms with Gasteiger partial charge in [-0.2, -0.15) is 0 Å². The fourth-order valence-electron chi connectivity index (χ4n) is 1.13. The molecule has 0 aliphatic rings. The molecule has 2 nitrogen and oxygen atoms in total. The summed E-state index contributed by atoms with van der Waals surface area (Å²) in [7, 11) is 0. The van der Waals surface area contributed by atoms with Gasteiger partial charge in [0.1, 0.15) is 0 Å². The van der Waals surface area contributed by atoms with Gasteiger partial charge in [-0.05, 0) is 30.5 Å². The highest BCUT2D eigenvalue weighted by molar-refractivity contribution is 5.64. The van der Waals surface area contributed by atoms with Crippen molar-refractivity contribution in [1.82, 2.24) is 4.98 Å². The molecule has 0 unspecified atom stereocenters. The average Bonchev–Trinajstić information content (AvgIpc) is 2.15. The minimum absolute atomic E-state index is 0.189. The van der Waals surface area contributed by atoms with E-state index in [1.807, 2.05) is 31.3 Å². The van der Waals surface area contributed by atoms with Gasteiger partial charge in [0.05, 0.1) is 0 Å². The second-order valence-electron chi connectivity index (χ2n) is 2.53. The van der Waals surface area contributed by atoms with Crippen molar-refractivity contribution < 1.29 is 5.11 Å². The number of nitrogens with zero attached hydrogens (tertiary/aromatic N) is 1. The second-order valence-corrected chi connectivity index (χ2v) is 2.53. The van der Waals surface area contributed by atoms with Crippen LogP contribution in [-0.4, -0.2) is 16.7 Å². The molecule has 0 atom stereocenters. The molecule has 0 aromatic carbocycles. The zero-order valence-corrected chi connectivity index (χ0v) is 7.20. The van der Waals surface area contributed by atoms with E-state index in [1.165, 1.54) is 0 Å². The Kier molecular flexibility index (Phi) is 3.48. The highest BCUT2D eigenvalue weighted by Crippen LogP contribution is 2.15. The van der Waals surface area contributed by atoms with Crippen LogP contribution in [0.1, 0.15) is 18.9 Å². The zero-order chi connectivity index (χ0) is 8.81. The lowest BCUT2D eigenvalue weighted by molar-refractivity contribution is 0.305. The van der Waals surface area contributed by atoms with Crippen molar-refractivity contribution in [3.63, 3.8) is 0 Å². The molecule has 1 aromatic heterocycles. The molecule has 12 heavy (non-hydrogen) atoms. The van der Waals surface area contributed by atoms with E-state index < -0.39 is 0 Å². The first-order chi connectivity index (χ1) is 5.88. The number of aliphatic hydroxyl groups excluding tert-OH is 1. The summed E-state index contributed by atoms with van der Waals surface area (Å²) in [5, 5.41) is 8.77. The Morgan fingerprint density at radius 1 is 1.67 bits per heavy atom. The third kappa shape index (κ3) is 2.17. The van der Waals surface area contributed by atoms with Crippen LogP contribution in [0.4, 0.5) is 0 Å². The number of hydrogen-bond acceptors (Lipinski definition) is 2. The van der Waals surface area contributed by atoms with Crippen LogP contribution in [0.5, 0.6) is 0 Å². The van der Waals surface area contributed by atoms with Gasteiger partial charge in [0.15, 0.2) is 0 Å². The molecule has 0 bridgehead atoms. The fourth-order valence-corrected chi connectivity index (χ4v) is 1.13. The summed E-state index contributed by atoms with van der Waals surface area (Å²) < 4.78 is 0. The molecule has 0 aliphatic heterocycles. The summed E-state index contributed by atoms with van der Waals surface area (Å²) in [4.78, 5) is 4.01. The van der Waals surface area contributed by atoms with Gasteiger partial charge in [-0.25, -0.2) is 0 Å². The summed E-state index contributed by atoms with van der Waals surface area (Å²) in [5.41, 5.74) is 2.24. The lowest BCUT2D eigenvalue weighted by atomic mass is 10.1. The topological polar surface area (TPSA) is 33.1 Å². The van der Waals surface area contributed by atoms with E-state index in [2.05, 4.69) is 4.98 Å². The first-order valence-electron chi connectivity index (χ1n) is 4.05. The van der Waals surface area contributed by atoms with Gasteiger partial charge in [-0.1, -0.05) is 12.1 Å². The van der Waals surface area contributed by atoms with Crippen LogP contribution < -0.4 is 0 Å². The van der Waals surface area contributed by atoms with Gasteiger partial charge in [0, 0.05) is 19.0 Å². The number of rotatable bonds is 3. The largest absolute Gasteiger partial charge is 0.396 e. The Bertz CT molecular complexity index is 254. The number of pyridine rings is 1. The van der Waals surface area contributed by atoms with Crippen LogP contribution in [0.25, 0.3) is 5.57 Å². The van der Waals surface area contributed by atoms with Crippen molar-refractivity contribution in [3.8, 4) is 0 Å². The van der Waals surface area contributed by atoms with Crippen LogP contribution in [0.3, 0.4) is 0 Å². The third-order valence-electron chi connectivity index (χ3n) is 1.76. The SMILES string of the molecule is CC=C(CCO)c1cccnc1. The highest BCUT2D eigenvalue weighted by Gasteiger charge is 1.97. The summed E-state index contributed by atoms with van der Waals surface area (Å²) in [6, 6.07) is 3.90. The lowest BCUT2D eigenvalue weighted by Crippen LogP contribution is -1.89. The van der Waals surface area contributed by atoms with E-state index in [9.17, 15) is 0 Å². The van der Waals surface area contributed by atoms with Gasteiger partial charge in [-0.3, -0.25) is 4.98 Å². The Balaban J connectivity index is 2.82. The van der Waals surface area contributed by atoms with Crippen molar-refractivity contribution in [3.05, 3.63) is 36.2 Å². The minimum Gasteiger partial charge on any atom is -0.396 e. The second kappa shape index (κ2) is 4.67. The van der Waals surface area contributed by atoms with E-state index in [4.69, 9.17) is 5.11 Å². The van der Waals surface area contributed by atoms with E-state index in [-0.39, 0.29) is 6.61 Å². The number of aliphatic hydroxyl groups is 1. The summed E-state index contributed by atoms with van der Waals surface area (Å²) in [6.07, 6.45) is 6.26. The predicted octanol–water partition coefficient (Wildman–Crippen LogP) is 1.87. The van der Waals surface area contributed by atoms with Gasteiger partial charge >= 0.3 is 0 Å². The Labute approximate surface area is 72.6 Å². The maximum absolute atomic E-state index is 8.77. The Hall–Kier alpha value is -1.15. The molecule has 1 aromatic rings. The molecule has 0 amide bonds. The van der Waals surface area contributed by atoms with Crippen molar-refractivity contribution in [2.24, 2.45) is 0 Å². The van der Waals surface area contributed by atoms with E-state index in [1.54, 1.807) is 6.20 Å². The molecule has 64 valence electrons. The minimum atomic E-state index is 0.189. The van der Waals surface area contributed by atoms with E-state index in [0.717, 1.165) is 11.1 Å². The molecule has 1 rings (SSSR count). The standard InChI is InChI=1S/C10H13NO/c1-2-9(5-7-12)10-4-3-6-11-8-10/h2-4,6,8,12H,5,7H2,1H3. The molecule has 0 fully saturated rings. The van der Waals surface area contributed by atoms with Gasteiger partial charge < -0.3 is 5.11 Å². The molecule has 0 aliphatic carbocycles. The number of hydrogen-bond donors (Lipinski definition) is 1. The van der Waals surface area contributed by atoms with Gasteiger partial charge in [0.2, 0.25) is 0 Å². The normalized spacial score (nSPS) is 11.7. The third-order valence-corrected chi connectivity index (χ3v) is 1.76. The van der Waals surface area contributed by atoms with Crippen LogP contribution in [0.15, 0.2) is 30.6 Å². The molecular formula is C10H13NO. The number of aromatic nitrogens is 1. The molecule has 1 N–H and O–H groups in total. The Morgan fingerprint density at radius 3 is 3.00 bits per heavy atom. The maximum Gasteiger partial charge on any atom is 0.0471 e. The predicted molar refractivity (Wildman–Crippen MR) is 49.6 cm³/mol. The molecule has 0 saturated carbocycles. The first-order valence-corrected chi connectivity index (χ1v) is 4.05. The molecule has 0 saturated heterocycles. The van der Waals surface area contributed by atoms with Gasteiger partial charge in [0.25, 0.3) is 0 Å². The number of allylic oxidation sites excluding steroid dienone is 1. The van der Waals surface area contributed by atoms with E-state index in [0.29, 0.717) is 6.42 Å². The van der Waals surface area contributed by atoms with E-state index >= 15 is 0 Å².